The molecule has 1 aliphatic heterocycles. The van der Waals surface area contributed by atoms with Crippen LogP contribution >= 0.6 is 23.2 Å². The highest BCUT2D eigenvalue weighted by Crippen LogP contribution is 2.48. The van der Waals surface area contributed by atoms with Crippen LogP contribution in [0.25, 0.3) is 11.3 Å². The molecule has 0 N–H and O–H groups in total. The van der Waals surface area contributed by atoms with Crippen molar-refractivity contribution in [1.82, 2.24) is 5.16 Å². The number of benzene rings is 2. The molecule has 4 fully saturated rings. The zero-order valence-corrected chi connectivity index (χ0v) is 23.5. The number of piperidine rings is 1. The molecule has 3 saturated carbocycles. The molecule has 0 amide bonds. The van der Waals surface area contributed by atoms with Gasteiger partial charge in [-0.15, -0.1) is 0 Å². The van der Waals surface area contributed by atoms with Crippen LogP contribution in [0.2, 0.25) is 10.0 Å². The van der Waals surface area contributed by atoms with Gasteiger partial charge in [-0.1, -0.05) is 53.0 Å². The summed E-state index contributed by atoms with van der Waals surface area (Å²) in [5.74, 6) is 1.68. The van der Waals surface area contributed by atoms with Gasteiger partial charge in [-0.25, -0.2) is 0 Å². The number of esters is 1. The molecule has 0 spiro atoms. The molecule has 0 unspecified atom stereocenters. The Balaban J connectivity index is 1.04. The highest BCUT2D eigenvalue weighted by Gasteiger charge is 2.48. The lowest BCUT2D eigenvalue weighted by Crippen LogP contribution is -2.43. The molecule has 2 heterocycles. The number of anilines is 1. The number of hydrogen-bond acceptors (Lipinski definition) is 6. The molecular weight excluding hydrogens is 535 g/mol. The van der Waals surface area contributed by atoms with Crippen molar-refractivity contribution in [1.29, 1.82) is 0 Å². The first-order valence-corrected chi connectivity index (χ1v) is 14.7. The first kappa shape index (κ1) is 25.4. The minimum Gasteiger partial charge on any atom is -0.468 e. The average Bonchev–Trinajstić information content (AvgIpc) is 3.37. The fourth-order valence-electron chi connectivity index (χ4n) is 6.97. The molecule has 204 valence electrons. The smallest absolute Gasteiger partial charge is 0.316 e. The monoisotopic (exact) mass is 566 g/mol. The zero-order valence-electron chi connectivity index (χ0n) is 22.0. The van der Waals surface area contributed by atoms with Crippen LogP contribution in [0.3, 0.4) is 0 Å². The quantitative estimate of drug-likeness (QED) is 0.266. The molecule has 7 rings (SSSR count). The van der Waals surface area contributed by atoms with Crippen LogP contribution in [0.1, 0.15) is 67.8 Å². The van der Waals surface area contributed by atoms with Crippen molar-refractivity contribution >= 4 is 34.9 Å². The second kappa shape index (κ2) is 9.83. The van der Waals surface area contributed by atoms with Gasteiger partial charge in [-0.2, -0.15) is 0 Å². The second-order valence-corrected chi connectivity index (χ2v) is 12.4. The van der Waals surface area contributed by atoms with E-state index in [-0.39, 0.29) is 12.1 Å². The lowest BCUT2D eigenvalue weighted by Gasteiger charge is -2.39. The maximum Gasteiger partial charge on any atom is 0.316 e. The number of carbonyl (C=O) groups excluding carboxylic acids is 1. The molecule has 1 aromatic heterocycles. The van der Waals surface area contributed by atoms with Gasteiger partial charge in [0.1, 0.15) is 11.5 Å². The van der Waals surface area contributed by atoms with Gasteiger partial charge in [-0.05, 0) is 68.4 Å². The first-order valence-electron chi connectivity index (χ1n) is 14.0. The number of aromatic nitrogens is 1. The largest absolute Gasteiger partial charge is 0.468 e. The topological polar surface area (TPSA) is 64.8 Å². The van der Waals surface area contributed by atoms with E-state index in [1.54, 1.807) is 0 Å². The predicted octanol–water partition coefficient (Wildman–Crippen LogP) is 7.30. The van der Waals surface area contributed by atoms with E-state index in [2.05, 4.69) is 34.3 Å². The zero-order chi connectivity index (χ0) is 26.7. The lowest BCUT2D eigenvalue weighted by molar-refractivity contribution is -0.151. The fraction of sp³-hybridized carbons (Fsp3) is 0.484. The molecule has 8 heteroatoms. The Bertz CT molecular complexity index is 1380. The van der Waals surface area contributed by atoms with Crippen LogP contribution in [-0.4, -0.2) is 36.9 Å². The van der Waals surface area contributed by atoms with E-state index in [9.17, 15) is 4.79 Å². The Labute approximate surface area is 238 Å². The summed E-state index contributed by atoms with van der Waals surface area (Å²) >= 11 is 13.1. The molecular formula is C31H32Cl2N2O4. The van der Waals surface area contributed by atoms with Crippen molar-refractivity contribution in [2.75, 3.05) is 18.6 Å². The van der Waals surface area contributed by atoms with E-state index in [1.165, 1.54) is 12.8 Å². The number of ether oxygens (including phenoxy) is 2. The Morgan fingerprint density at radius 2 is 1.85 bits per heavy atom. The van der Waals surface area contributed by atoms with Crippen molar-refractivity contribution < 1.29 is 18.8 Å². The van der Waals surface area contributed by atoms with E-state index in [0.29, 0.717) is 45.8 Å². The van der Waals surface area contributed by atoms with E-state index in [4.69, 9.17) is 37.2 Å². The summed E-state index contributed by atoms with van der Waals surface area (Å²) in [6, 6.07) is 14.5. The number of fused-ring (bicyclic) bond motifs is 2. The SMILES string of the molecule is COC(=O)C1(c2ccc(N3C[C@@H]4C[C@H]3C[C@H]4OCc3c(-c4c(Cl)cccc4Cl)noc3C3CC3)cc2)CCC1. The fourth-order valence-corrected chi connectivity index (χ4v) is 7.55. The molecule has 3 aromatic rings. The van der Waals surface area contributed by atoms with Gasteiger partial charge < -0.3 is 18.9 Å². The third-order valence-corrected chi connectivity index (χ3v) is 10.0. The molecule has 4 aliphatic rings. The molecule has 3 atom stereocenters. The summed E-state index contributed by atoms with van der Waals surface area (Å²) in [5.41, 5.74) is 4.24. The number of rotatable bonds is 8. The van der Waals surface area contributed by atoms with Crippen molar-refractivity contribution in [3.8, 4) is 11.3 Å². The minimum atomic E-state index is -0.454. The molecule has 3 aliphatic carbocycles. The summed E-state index contributed by atoms with van der Waals surface area (Å²) in [4.78, 5) is 15.0. The highest BCUT2D eigenvalue weighted by atomic mass is 35.5. The average molecular weight is 568 g/mol. The van der Waals surface area contributed by atoms with Gasteiger partial charge in [0.25, 0.3) is 0 Å². The summed E-state index contributed by atoms with van der Waals surface area (Å²) in [6.45, 7) is 1.42. The maximum absolute atomic E-state index is 12.5. The van der Waals surface area contributed by atoms with Gasteiger partial charge in [0, 0.05) is 41.2 Å². The Morgan fingerprint density at radius 1 is 1.10 bits per heavy atom. The molecule has 1 saturated heterocycles. The van der Waals surface area contributed by atoms with Crippen LogP contribution in [0.15, 0.2) is 47.0 Å². The van der Waals surface area contributed by atoms with Gasteiger partial charge in [0.15, 0.2) is 0 Å². The number of methoxy groups -OCH3 is 1. The summed E-state index contributed by atoms with van der Waals surface area (Å²) in [5, 5.41) is 5.54. The molecule has 2 aromatic carbocycles. The van der Waals surface area contributed by atoms with E-state index in [1.807, 2.05) is 18.2 Å². The highest BCUT2D eigenvalue weighted by molar-refractivity contribution is 6.39. The van der Waals surface area contributed by atoms with Crippen LogP contribution in [0, 0.1) is 5.92 Å². The Morgan fingerprint density at radius 3 is 2.44 bits per heavy atom. The Kier molecular flexibility index (Phi) is 6.41. The predicted molar refractivity (Wildman–Crippen MR) is 150 cm³/mol. The normalized spacial score (nSPS) is 25.1. The number of hydrogen-bond donors (Lipinski definition) is 0. The molecule has 2 bridgehead atoms. The van der Waals surface area contributed by atoms with E-state index >= 15 is 0 Å². The summed E-state index contributed by atoms with van der Waals surface area (Å²) < 4.78 is 17.5. The van der Waals surface area contributed by atoms with E-state index in [0.717, 1.165) is 68.4 Å². The third kappa shape index (κ3) is 4.27. The van der Waals surface area contributed by atoms with Crippen LogP contribution in [-0.2, 0) is 26.3 Å². The van der Waals surface area contributed by atoms with Crippen molar-refractivity contribution in [3.63, 3.8) is 0 Å². The number of halogens is 2. The molecule has 6 nitrogen and oxygen atoms in total. The van der Waals surface area contributed by atoms with Gasteiger partial charge in [0.2, 0.25) is 0 Å². The second-order valence-electron chi connectivity index (χ2n) is 11.6. The van der Waals surface area contributed by atoms with Crippen LogP contribution in [0.5, 0.6) is 0 Å². The van der Waals surface area contributed by atoms with Crippen molar-refractivity contribution in [3.05, 3.63) is 69.4 Å². The van der Waals surface area contributed by atoms with Gasteiger partial charge in [-0.3, -0.25) is 4.79 Å². The molecule has 0 radical (unpaired) electrons. The van der Waals surface area contributed by atoms with Gasteiger partial charge >= 0.3 is 5.97 Å². The summed E-state index contributed by atoms with van der Waals surface area (Å²) in [7, 11) is 1.48. The van der Waals surface area contributed by atoms with Crippen LogP contribution in [0.4, 0.5) is 5.69 Å². The maximum atomic E-state index is 12.5. The number of carbonyl (C=O) groups is 1. The van der Waals surface area contributed by atoms with Crippen LogP contribution < -0.4 is 4.90 Å². The molecule has 39 heavy (non-hydrogen) atoms. The number of nitrogens with zero attached hydrogens (tertiary/aromatic N) is 2. The third-order valence-electron chi connectivity index (χ3n) is 9.42. The first-order chi connectivity index (χ1) is 19.0. The minimum absolute atomic E-state index is 0.112. The Hall–Kier alpha value is -2.54. The van der Waals surface area contributed by atoms with Crippen molar-refractivity contribution in [2.24, 2.45) is 5.92 Å². The summed E-state index contributed by atoms with van der Waals surface area (Å²) in [6.07, 6.45) is 7.33. The van der Waals surface area contributed by atoms with Crippen molar-refractivity contribution in [2.45, 2.75) is 75.0 Å². The lowest BCUT2D eigenvalue weighted by atomic mass is 9.64. The standard InChI is InChI=1S/C31H32Cl2N2O4/c1-37-30(36)31(12-3-13-31)20-8-10-21(11-9-20)35-16-19-14-22(35)15-26(19)38-17-23-28(34-39-29(23)18-6-7-18)27-24(32)4-2-5-25(27)33/h2,4-5,8-11,18-19,22,26H,3,6-7,12-17H2,1H3/t19-,22-,26+/m0/s1. The van der Waals surface area contributed by atoms with Gasteiger partial charge in [0.05, 0.1) is 35.3 Å². The van der Waals surface area contributed by atoms with E-state index < -0.39 is 5.41 Å².